The summed E-state index contributed by atoms with van der Waals surface area (Å²) >= 11 is 0. The first-order valence-corrected chi connectivity index (χ1v) is 6.92. The van der Waals surface area contributed by atoms with Gasteiger partial charge in [-0.1, -0.05) is 0 Å². The lowest BCUT2D eigenvalue weighted by Gasteiger charge is -2.04. The number of carboxylic acids is 1. The maximum atomic E-state index is 11.2. The Morgan fingerprint density at radius 3 is 2.68 bits per heavy atom. The molecule has 19 heavy (non-hydrogen) atoms. The molecular weight excluding hydrogens is 246 g/mol. The van der Waals surface area contributed by atoms with E-state index in [4.69, 9.17) is 14.3 Å². The van der Waals surface area contributed by atoms with Gasteiger partial charge in [-0.2, -0.15) is 0 Å². The first-order chi connectivity index (χ1) is 9.20. The highest BCUT2D eigenvalue weighted by Gasteiger charge is 2.67. The molecule has 0 spiro atoms. The van der Waals surface area contributed by atoms with Gasteiger partial charge in [0.05, 0.1) is 6.61 Å². The van der Waals surface area contributed by atoms with Gasteiger partial charge < -0.3 is 14.3 Å². The lowest BCUT2D eigenvalue weighted by Crippen LogP contribution is -2.00. The van der Waals surface area contributed by atoms with Crippen molar-refractivity contribution in [1.82, 2.24) is 4.98 Å². The van der Waals surface area contributed by atoms with Gasteiger partial charge in [-0.25, -0.2) is 9.78 Å². The maximum absolute atomic E-state index is 11.2. The van der Waals surface area contributed by atoms with E-state index in [0.29, 0.717) is 29.3 Å². The molecule has 0 aromatic carbocycles. The summed E-state index contributed by atoms with van der Waals surface area (Å²) in [4.78, 5) is 15.5. The quantitative estimate of drug-likeness (QED) is 0.902. The normalized spacial score (nSPS) is 38.5. The van der Waals surface area contributed by atoms with Crippen LogP contribution in [0.15, 0.2) is 4.42 Å². The Morgan fingerprint density at radius 1 is 1.42 bits per heavy atom. The van der Waals surface area contributed by atoms with Crippen molar-refractivity contribution in [3.8, 4) is 0 Å². The molecule has 1 aromatic rings. The standard InChI is InChI=1S/C14H17NO4/c1-18-5-8-12(14(16)17)19-13(15-8)11-9-6-2-3-7(4-6)10(9)11/h6-7,9-11H,2-5H2,1H3,(H,16,17). The van der Waals surface area contributed by atoms with E-state index >= 15 is 0 Å². The molecule has 102 valence electrons. The average Bonchev–Trinajstić information content (AvgIpc) is 2.77. The van der Waals surface area contributed by atoms with E-state index in [0.717, 1.165) is 11.8 Å². The minimum Gasteiger partial charge on any atom is -0.475 e. The number of oxazole rings is 1. The van der Waals surface area contributed by atoms with Crippen LogP contribution in [-0.2, 0) is 11.3 Å². The first kappa shape index (κ1) is 11.5. The van der Waals surface area contributed by atoms with Crippen molar-refractivity contribution in [3.63, 3.8) is 0 Å². The van der Waals surface area contributed by atoms with Crippen molar-refractivity contribution >= 4 is 5.97 Å². The summed E-state index contributed by atoms with van der Waals surface area (Å²) < 4.78 is 10.5. The zero-order chi connectivity index (χ0) is 13.1. The highest BCUT2D eigenvalue weighted by Crippen LogP contribution is 2.72. The molecule has 1 heterocycles. The van der Waals surface area contributed by atoms with Crippen LogP contribution in [0.5, 0.6) is 0 Å². The molecule has 2 bridgehead atoms. The number of carboxylic acid groups (broad SMARTS) is 1. The topological polar surface area (TPSA) is 72.6 Å². The van der Waals surface area contributed by atoms with Crippen LogP contribution >= 0.6 is 0 Å². The largest absolute Gasteiger partial charge is 0.475 e. The summed E-state index contributed by atoms with van der Waals surface area (Å²) in [6.07, 6.45) is 4.03. The number of fused-ring (bicyclic) bond motifs is 5. The third-order valence-corrected chi connectivity index (χ3v) is 5.21. The fourth-order valence-electron chi connectivity index (χ4n) is 4.57. The van der Waals surface area contributed by atoms with Gasteiger partial charge in [0.15, 0.2) is 5.89 Å². The van der Waals surface area contributed by atoms with E-state index in [1.165, 1.54) is 26.4 Å². The zero-order valence-corrected chi connectivity index (χ0v) is 10.8. The molecule has 4 atom stereocenters. The number of hydrogen-bond donors (Lipinski definition) is 1. The van der Waals surface area contributed by atoms with Crippen molar-refractivity contribution in [3.05, 3.63) is 17.3 Å². The molecule has 5 heteroatoms. The number of ether oxygens (including phenoxy) is 1. The summed E-state index contributed by atoms with van der Waals surface area (Å²) in [5, 5.41) is 9.14. The molecular formula is C14H17NO4. The Labute approximate surface area is 111 Å². The number of aromatic nitrogens is 1. The maximum Gasteiger partial charge on any atom is 0.373 e. The second kappa shape index (κ2) is 3.82. The molecule has 1 aromatic heterocycles. The van der Waals surface area contributed by atoms with Gasteiger partial charge in [0.25, 0.3) is 0 Å². The molecule has 3 aliphatic carbocycles. The van der Waals surface area contributed by atoms with Gasteiger partial charge in [-0.3, -0.25) is 0 Å². The SMILES string of the molecule is COCc1nc(C2C3C4CCC(C4)C23)oc1C(=O)O. The molecule has 0 aliphatic heterocycles. The molecule has 4 rings (SSSR count). The van der Waals surface area contributed by atoms with Gasteiger partial charge in [-0.05, 0) is 42.9 Å². The van der Waals surface area contributed by atoms with E-state index in [1.807, 2.05) is 0 Å². The van der Waals surface area contributed by atoms with Crippen molar-refractivity contribution in [2.24, 2.45) is 23.7 Å². The average molecular weight is 263 g/mol. The molecule has 4 unspecified atom stereocenters. The minimum absolute atomic E-state index is 0.0471. The highest BCUT2D eigenvalue weighted by atomic mass is 16.5. The van der Waals surface area contributed by atoms with Crippen LogP contribution in [0.1, 0.15) is 47.3 Å². The summed E-state index contributed by atoms with van der Waals surface area (Å²) in [5.41, 5.74) is 0.419. The Hall–Kier alpha value is -1.36. The van der Waals surface area contributed by atoms with Crippen molar-refractivity contribution in [2.45, 2.75) is 31.8 Å². The molecule has 3 aliphatic rings. The van der Waals surface area contributed by atoms with Crippen LogP contribution < -0.4 is 0 Å². The molecule has 1 N–H and O–H groups in total. The molecule has 0 saturated heterocycles. The van der Waals surface area contributed by atoms with Gasteiger partial charge in [0, 0.05) is 13.0 Å². The van der Waals surface area contributed by atoms with Crippen molar-refractivity contribution < 1.29 is 19.1 Å². The van der Waals surface area contributed by atoms with E-state index in [2.05, 4.69) is 4.98 Å². The monoisotopic (exact) mass is 263 g/mol. The van der Waals surface area contributed by atoms with Gasteiger partial charge in [0.2, 0.25) is 5.76 Å². The van der Waals surface area contributed by atoms with E-state index in [-0.39, 0.29) is 12.4 Å². The van der Waals surface area contributed by atoms with Crippen LogP contribution in [0.4, 0.5) is 0 Å². The Morgan fingerprint density at radius 2 is 2.11 bits per heavy atom. The van der Waals surface area contributed by atoms with Crippen molar-refractivity contribution in [2.75, 3.05) is 7.11 Å². The van der Waals surface area contributed by atoms with E-state index in [9.17, 15) is 4.79 Å². The van der Waals surface area contributed by atoms with Gasteiger partial charge >= 0.3 is 5.97 Å². The fraction of sp³-hybridized carbons (Fsp3) is 0.714. The number of hydrogen-bond acceptors (Lipinski definition) is 4. The van der Waals surface area contributed by atoms with Crippen LogP contribution in [0.2, 0.25) is 0 Å². The minimum atomic E-state index is -1.06. The number of aromatic carboxylic acids is 1. The Balaban J connectivity index is 1.63. The lowest BCUT2D eigenvalue weighted by molar-refractivity contribution is 0.0653. The van der Waals surface area contributed by atoms with Gasteiger partial charge in [-0.15, -0.1) is 0 Å². The van der Waals surface area contributed by atoms with Crippen LogP contribution in [0, 0.1) is 23.7 Å². The molecule has 3 saturated carbocycles. The molecule has 5 nitrogen and oxygen atoms in total. The predicted molar refractivity (Wildman–Crippen MR) is 64.7 cm³/mol. The number of methoxy groups -OCH3 is 1. The lowest BCUT2D eigenvalue weighted by atomic mass is 10.0. The molecule has 0 radical (unpaired) electrons. The Bertz CT molecular complexity index is 522. The first-order valence-electron chi connectivity index (χ1n) is 6.92. The number of rotatable bonds is 4. The van der Waals surface area contributed by atoms with Crippen LogP contribution in [-0.4, -0.2) is 23.2 Å². The zero-order valence-electron chi connectivity index (χ0n) is 10.8. The highest BCUT2D eigenvalue weighted by molar-refractivity contribution is 5.85. The summed E-state index contributed by atoms with van der Waals surface area (Å²) in [5.74, 6) is 2.96. The van der Waals surface area contributed by atoms with E-state index < -0.39 is 5.97 Å². The number of carbonyl (C=O) groups is 1. The molecule has 3 fully saturated rings. The smallest absolute Gasteiger partial charge is 0.373 e. The second-order valence-electron chi connectivity index (χ2n) is 6.08. The third kappa shape index (κ3) is 1.51. The third-order valence-electron chi connectivity index (χ3n) is 5.21. The summed E-state index contributed by atoms with van der Waals surface area (Å²) in [6, 6.07) is 0. The van der Waals surface area contributed by atoms with E-state index in [1.54, 1.807) is 0 Å². The summed E-state index contributed by atoms with van der Waals surface area (Å²) in [6.45, 7) is 0.194. The second-order valence-corrected chi connectivity index (χ2v) is 6.08. The van der Waals surface area contributed by atoms with Crippen LogP contribution in [0.3, 0.4) is 0 Å². The van der Waals surface area contributed by atoms with Gasteiger partial charge in [0.1, 0.15) is 5.69 Å². The van der Waals surface area contributed by atoms with Crippen LogP contribution in [0.25, 0.3) is 0 Å². The number of nitrogens with zero attached hydrogens (tertiary/aromatic N) is 1. The summed E-state index contributed by atoms with van der Waals surface area (Å²) in [7, 11) is 1.53. The van der Waals surface area contributed by atoms with Crippen molar-refractivity contribution in [1.29, 1.82) is 0 Å². The Kier molecular flexibility index (Phi) is 2.31. The predicted octanol–water partition coefficient (Wildman–Crippen LogP) is 2.28. The fourth-order valence-corrected chi connectivity index (χ4v) is 4.57. The molecule has 0 amide bonds.